The van der Waals surface area contributed by atoms with Crippen molar-refractivity contribution in [3.63, 3.8) is 0 Å². The van der Waals surface area contributed by atoms with Crippen molar-refractivity contribution in [1.29, 1.82) is 0 Å². The predicted molar refractivity (Wildman–Crippen MR) is 104 cm³/mol. The Labute approximate surface area is 167 Å². The molecule has 2 aromatic carbocycles. The molecule has 8 heteroatoms. The maximum absolute atomic E-state index is 12.2. The summed E-state index contributed by atoms with van der Waals surface area (Å²) < 4.78 is 10.6. The van der Waals surface area contributed by atoms with Gasteiger partial charge in [-0.15, -0.1) is 0 Å². The monoisotopic (exact) mass is 396 g/mol. The standard InChI is InChI=1S/C21H20N2O6/c24-19(22-29-21(26)23-12-14-27-15-13-23)11-10-16-6-4-5-9-18(16)28-20(25)17-7-2-1-3-8-17/h1-11H,12-15H2,(H,22,24)/b11-10+. The quantitative estimate of drug-likeness (QED) is 0.369. The first-order valence-corrected chi connectivity index (χ1v) is 9.01. The minimum atomic E-state index is -0.646. The molecule has 0 atom stereocenters. The molecule has 1 aliphatic rings. The highest BCUT2D eigenvalue weighted by molar-refractivity contribution is 5.93. The summed E-state index contributed by atoms with van der Waals surface area (Å²) in [7, 11) is 0. The van der Waals surface area contributed by atoms with E-state index in [9.17, 15) is 14.4 Å². The molecule has 0 saturated carbocycles. The number of esters is 1. The molecule has 1 aliphatic heterocycles. The minimum Gasteiger partial charge on any atom is -0.422 e. The van der Waals surface area contributed by atoms with Gasteiger partial charge in [-0.05, 0) is 24.3 Å². The van der Waals surface area contributed by atoms with Gasteiger partial charge in [0.1, 0.15) is 5.75 Å². The number of benzene rings is 2. The van der Waals surface area contributed by atoms with E-state index in [1.54, 1.807) is 54.6 Å². The minimum absolute atomic E-state index is 0.302. The number of nitrogens with zero attached hydrogens (tertiary/aromatic N) is 1. The number of hydrogen-bond acceptors (Lipinski definition) is 6. The zero-order chi connectivity index (χ0) is 20.5. The van der Waals surface area contributed by atoms with Gasteiger partial charge in [0.05, 0.1) is 18.8 Å². The normalized spacial score (nSPS) is 13.7. The molecule has 29 heavy (non-hydrogen) atoms. The number of amides is 2. The van der Waals surface area contributed by atoms with Crippen molar-refractivity contribution < 1.29 is 28.7 Å². The number of morpholine rings is 1. The summed E-state index contributed by atoms with van der Waals surface area (Å²) in [5.74, 6) is -0.832. The third-order valence-corrected chi connectivity index (χ3v) is 4.05. The van der Waals surface area contributed by atoms with Gasteiger partial charge in [0.25, 0.3) is 5.91 Å². The number of hydroxylamine groups is 1. The zero-order valence-corrected chi connectivity index (χ0v) is 15.6. The Hall–Kier alpha value is -3.65. The molecule has 2 aromatic rings. The third kappa shape index (κ3) is 5.91. The van der Waals surface area contributed by atoms with Crippen molar-refractivity contribution in [3.8, 4) is 5.75 Å². The van der Waals surface area contributed by atoms with Gasteiger partial charge in [-0.1, -0.05) is 36.4 Å². The number of hydrogen-bond donors (Lipinski definition) is 1. The predicted octanol–water partition coefficient (Wildman–Crippen LogP) is 2.42. The van der Waals surface area contributed by atoms with E-state index in [0.29, 0.717) is 43.2 Å². The molecule has 1 fully saturated rings. The lowest BCUT2D eigenvalue weighted by Crippen LogP contribution is -2.43. The summed E-state index contributed by atoms with van der Waals surface area (Å²) in [6.07, 6.45) is 2.00. The van der Waals surface area contributed by atoms with Gasteiger partial charge in [0.15, 0.2) is 0 Å². The van der Waals surface area contributed by atoms with Crippen LogP contribution in [0.25, 0.3) is 6.08 Å². The van der Waals surface area contributed by atoms with Gasteiger partial charge >= 0.3 is 12.1 Å². The number of para-hydroxylation sites is 1. The van der Waals surface area contributed by atoms with Crippen LogP contribution in [0.4, 0.5) is 4.79 Å². The van der Waals surface area contributed by atoms with Crippen LogP contribution < -0.4 is 10.2 Å². The fraction of sp³-hybridized carbons (Fsp3) is 0.190. The number of carbonyl (C=O) groups is 3. The fourth-order valence-electron chi connectivity index (χ4n) is 2.55. The highest BCUT2D eigenvalue weighted by atomic mass is 16.7. The van der Waals surface area contributed by atoms with Gasteiger partial charge in [0, 0.05) is 24.7 Å². The Morgan fingerprint density at radius 2 is 1.66 bits per heavy atom. The molecule has 0 radical (unpaired) electrons. The van der Waals surface area contributed by atoms with Gasteiger partial charge in [-0.3, -0.25) is 4.79 Å². The topological polar surface area (TPSA) is 94.2 Å². The molecular weight excluding hydrogens is 376 g/mol. The molecule has 150 valence electrons. The molecule has 0 bridgehead atoms. The van der Waals surface area contributed by atoms with E-state index in [1.165, 1.54) is 17.1 Å². The average Bonchev–Trinajstić information content (AvgIpc) is 2.78. The summed E-state index contributed by atoms with van der Waals surface area (Å²) in [5, 5.41) is 0. The number of carbonyl (C=O) groups excluding carboxylic acids is 3. The fourth-order valence-corrected chi connectivity index (χ4v) is 2.55. The van der Waals surface area contributed by atoms with Crippen molar-refractivity contribution in [2.24, 2.45) is 0 Å². The first-order valence-electron chi connectivity index (χ1n) is 9.01. The number of rotatable bonds is 4. The average molecular weight is 396 g/mol. The molecule has 1 heterocycles. The van der Waals surface area contributed by atoms with E-state index in [-0.39, 0.29) is 0 Å². The van der Waals surface area contributed by atoms with Crippen molar-refractivity contribution in [1.82, 2.24) is 10.4 Å². The van der Waals surface area contributed by atoms with E-state index in [0.717, 1.165) is 0 Å². The van der Waals surface area contributed by atoms with Crippen LogP contribution >= 0.6 is 0 Å². The van der Waals surface area contributed by atoms with Gasteiger partial charge in [0.2, 0.25) is 0 Å². The van der Waals surface area contributed by atoms with Gasteiger partial charge < -0.3 is 19.2 Å². The Kier molecular flexibility index (Phi) is 6.96. The Balaban J connectivity index is 1.56. The molecule has 1 N–H and O–H groups in total. The Bertz CT molecular complexity index is 891. The highest BCUT2D eigenvalue weighted by Crippen LogP contribution is 2.20. The lowest BCUT2D eigenvalue weighted by Gasteiger charge is -2.25. The van der Waals surface area contributed by atoms with Crippen LogP contribution in [0.1, 0.15) is 15.9 Å². The molecule has 0 aromatic heterocycles. The lowest BCUT2D eigenvalue weighted by atomic mass is 10.2. The number of ether oxygens (including phenoxy) is 2. The van der Waals surface area contributed by atoms with E-state index in [4.69, 9.17) is 14.3 Å². The maximum Gasteiger partial charge on any atom is 0.434 e. The van der Waals surface area contributed by atoms with Gasteiger partial charge in [-0.25, -0.2) is 9.59 Å². The van der Waals surface area contributed by atoms with Crippen LogP contribution in [-0.2, 0) is 14.4 Å². The van der Waals surface area contributed by atoms with Crippen LogP contribution in [0.5, 0.6) is 5.75 Å². The molecule has 3 rings (SSSR count). The van der Waals surface area contributed by atoms with E-state index in [2.05, 4.69) is 5.48 Å². The molecule has 0 unspecified atom stereocenters. The zero-order valence-electron chi connectivity index (χ0n) is 15.6. The summed E-state index contributed by atoms with van der Waals surface area (Å²) >= 11 is 0. The van der Waals surface area contributed by atoms with Crippen molar-refractivity contribution >= 4 is 24.0 Å². The van der Waals surface area contributed by atoms with Gasteiger partial charge in [-0.2, -0.15) is 5.48 Å². The van der Waals surface area contributed by atoms with Crippen LogP contribution in [0.3, 0.4) is 0 Å². The van der Waals surface area contributed by atoms with E-state index >= 15 is 0 Å². The van der Waals surface area contributed by atoms with Crippen molar-refractivity contribution in [3.05, 3.63) is 71.8 Å². The van der Waals surface area contributed by atoms with Crippen LogP contribution in [0.15, 0.2) is 60.7 Å². The van der Waals surface area contributed by atoms with Crippen LogP contribution in [0.2, 0.25) is 0 Å². The smallest absolute Gasteiger partial charge is 0.422 e. The maximum atomic E-state index is 12.2. The molecule has 1 saturated heterocycles. The van der Waals surface area contributed by atoms with Crippen molar-refractivity contribution in [2.75, 3.05) is 26.3 Å². The SMILES string of the molecule is O=C(/C=C/c1ccccc1OC(=O)c1ccccc1)NOC(=O)N1CCOCC1. The summed E-state index contributed by atoms with van der Waals surface area (Å²) in [4.78, 5) is 42.2. The van der Waals surface area contributed by atoms with Crippen LogP contribution in [0, 0.1) is 0 Å². The third-order valence-electron chi connectivity index (χ3n) is 4.05. The molecule has 2 amide bonds. The molecular formula is C21H20N2O6. The van der Waals surface area contributed by atoms with Crippen LogP contribution in [-0.4, -0.2) is 49.2 Å². The second-order valence-electron chi connectivity index (χ2n) is 6.06. The molecule has 8 nitrogen and oxygen atoms in total. The molecule has 0 spiro atoms. The van der Waals surface area contributed by atoms with E-state index in [1.807, 2.05) is 0 Å². The Morgan fingerprint density at radius 3 is 2.41 bits per heavy atom. The Morgan fingerprint density at radius 1 is 0.966 bits per heavy atom. The number of nitrogens with one attached hydrogen (secondary N) is 1. The second kappa shape index (κ2) is 10.0. The first-order chi connectivity index (χ1) is 14.1. The first kappa shape index (κ1) is 20.1. The van der Waals surface area contributed by atoms with Crippen molar-refractivity contribution in [2.45, 2.75) is 0 Å². The largest absolute Gasteiger partial charge is 0.434 e. The summed E-state index contributed by atoms with van der Waals surface area (Å²) in [6.45, 7) is 1.68. The molecule has 0 aliphatic carbocycles. The summed E-state index contributed by atoms with van der Waals surface area (Å²) in [5.41, 5.74) is 3.01. The summed E-state index contributed by atoms with van der Waals surface area (Å²) in [6, 6.07) is 15.4. The lowest BCUT2D eigenvalue weighted by molar-refractivity contribution is -0.125. The second-order valence-corrected chi connectivity index (χ2v) is 6.06. The highest BCUT2D eigenvalue weighted by Gasteiger charge is 2.18. The van der Waals surface area contributed by atoms with E-state index < -0.39 is 18.0 Å².